The number of hydrogen-bond donors (Lipinski definition) is 1. The molecule has 5 heteroatoms. The second-order valence-corrected chi connectivity index (χ2v) is 6.40. The molecular formula is C19H28N2O3. The van der Waals surface area contributed by atoms with Crippen LogP contribution in [0.1, 0.15) is 45.2 Å². The van der Waals surface area contributed by atoms with Gasteiger partial charge in [0.25, 0.3) is 0 Å². The summed E-state index contributed by atoms with van der Waals surface area (Å²) in [6.45, 7) is 7.54. The minimum Gasteiger partial charge on any atom is -0.466 e. The van der Waals surface area contributed by atoms with Crippen LogP contribution in [0.5, 0.6) is 0 Å². The Labute approximate surface area is 144 Å². The first-order chi connectivity index (χ1) is 11.5. The van der Waals surface area contributed by atoms with Crippen LogP contribution in [0.4, 0.5) is 0 Å². The van der Waals surface area contributed by atoms with Gasteiger partial charge in [-0.1, -0.05) is 30.3 Å². The first-order valence-electron chi connectivity index (χ1n) is 8.79. The molecule has 1 aliphatic rings. The highest BCUT2D eigenvalue weighted by atomic mass is 16.5. The van der Waals surface area contributed by atoms with E-state index < -0.39 is 0 Å². The summed E-state index contributed by atoms with van der Waals surface area (Å²) in [5.74, 6) is -0.274. The Morgan fingerprint density at radius 3 is 2.67 bits per heavy atom. The van der Waals surface area contributed by atoms with E-state index in [-0.39, 0.29) is 29.9 Å². The number of piperidine rings is 1. The van der Waals surface area contributed by atoms with Crippen molar-refractivity contribution in [2.45, 2.75) is 45.7 Å². The molecule has 5 nitrogen and oxygen atoms in total. The lowest BCUT2D eigenvalue weighted by atomic mass is 9.96. The topological polar surface area (TPSA) is 58.6 Å². The van der Waals surface area contributed by atoms with Gasteiger partial charge in [0.2, 0.25) is 5.91 Å². The van der Waals surface area contributed by atoms with E-state index in [1.165, 1.54) is 0 Å². The Hall–Kier alpha value is -1.88. The van der Waals surface area contributed by atoms with Crippen LogP contribution in [-0.4, -0.2) is 42.5 Å². The van der Waals surface area contributed by atoms with Crippen LogP contribution in [-0.2, 0) is 14.3 Å². The first kappa shape index (κ1) is 18.5. The van der Waals surface area contributed by atoms with Gasteiger partial charge in [0.05, 0.1) is 24.6 Å². The molecule has 0 radical (unpaired) electrons. The van der Waals surface area contributed by atoms with Crippen molar-refractivity contribution in [3.05, 3.63) is 35.9 Å². The Bertz CT molecular complexity index is 547. The largest absolute Gasteiger partial charge is 0.466 e. The molecule has 1 aromatic rings. The van der Waals surface area contributed by atoms with Gasteiger partial charge >= 0.3 is 5.97 Å². The van der Waals surface area contributed by atoms with E-state index in [1.807, 2.05) is 51.1 Å². The van der Waals surface area contributed by atoms with Crippen LogP contribution < -0.4 is 5.32 Å². The average Bonchev–Trinajstić information content (AvgIpc) is 2.62. The lowest BCUT2D eigenvalue weighted by Crippen LogP contribution is -2.50. The molecule has 1 aliphatic heterocycles. The van der Waals surface area contributed by atoms with Crippen LogP contribution >= 0.6 is 0 Å². The molecule has 2 rings (SSSR count). The third kappa shape index (κ3) is 4.81. The minimum absolute atomic E-state index is 0.00383. The molecule has 0 spiro atoms. The van der Waals surface area contributed by atoms with Crippen molar-refractivity contribution in [2.24, 2.45) is 5.92 Å². The monoisotopic (exact) mass is 332 g/mol. The summed E-state index contributed by atoms with van der Waals surface area (Å²) in [6, 6.07) is 9.62. The maximum atomic E-state index is 12.6. The zero-order valence-corrected chi connectivity index (χ0v) is 14.8. The number of amides is 1. The second-order valence-electron chi connectivity index (χ2n) is 6.40. The van der Waals surface area contributed by atoms with Gasteiger partial charge in [-0.3, -0.25) is 14.5 Å². The number of carbonyl (C=O) groups excluding carboxylic acids is 2. The van der Waals surface area contributed by atoms with E-state index in [9.17, 15) is 9.59 Å². The summed E-state index contributed by atoms with van der Waals surface area (Å²) >= 11 is 0. The highest BCUT2D eigenvalue weighted by Crippen LogP contribution is 2.20. The van der Waals surface area contributed by atoms with Gasteiger partial charge in [-0.15, -0.1) is 0 Å². The third-order valence-electron chi connectivity index (χ3n) is 4.66. The number of hydrogen-bond acceptors (Lipinski definition) is 4. The van der Waals surface area contributed by atoms with Crippen molar-refractivity contribution in [3.8, 4) is 0 Å². The summed E-state index contributed by atoms with van der Waals surface area (Å²) in [6.07, 6.45) is 1.75. The number of rotatable bonds is 6. The van der Waals surface area contributed by atoms with Crippen molar-refractivity contribution in [1.29, 1.82) is 0 Å². The summed E-state index contributed by atoms with van der Waals surface area (Å²) in [7, 11) is 0. The van der Waals surface area contributed by atoms with Gasteiger partial charge in [0.1, 0.15) is 0 Å². The number of benzene rings is 1. The smallest absolute Gasteiger partial charge is 0.310 e. The fourth-order valence-corrected chi connectivity index (χ4v) is 3.14. The standard InChI is InChI=1S/C19H28N2O3/c1-4-24-19(23)17-11-8-12-21(13-17)15(3)18(22)20-14(2)16-9-6-5-7-10-16/h5-7,9-10,14-15,17H,4,8,11-13H2,1-3H3,(H,20,22)/t14-,15-,17+/m0/s1. The number of nitrogens with zero attached hydrogens (tertiary/aromatic N) is 1. The molecule has 1 N–H and O–H groups in total. The fourth-order valence-electron chi connectivity index (χ4n) is 3.14. The Balaban J connectivity index is 1.91. The predicted molar refractivity (Wildman–Crippen MR) is 93.4 cm³/mol. The number of esters is 1. The predicted octanol–water partition coefficient (Wildman–Crippen LogP) is 2.53. The quantitative estimate of drug-likeness (QED) is 0.813. The Morgan fingerprint density at radius 1 is 1.29 bits per heavy atom. The highest BCUT2D eigenvalue weighted by molar-refractivity contribution is 5.82. The molecule has 0 bridgehead atoms. The van der Waals surface area contributed by atoms with E-state index in [0.717, 1.165) is 24.9 Å². The molecule has 0 saturated carbocycles. The van der Waals surface area contributed by atoms with Gasteiger partial charge in [-0.05, 0) is 45.7 Å². The molecule has 24 heavy (non-hydrogen) atoms. The van der Waals surface area contributed by atoms with Gasteiger partial charge in [0, 0.05) is 6.54 Å². The van der Waals surface area contributed by atoms with E-state index in [0.29, 0.717) is 13.2 Å². The second kappa shape index (κ2) is 8.83. The Kier molecular flexibility index (Phi) is 6.79. The number of carbonyl (C=O) groups is 2. The molecule has 0 aliphatic carbocycles. The zero-order chi connectivity index (χ0) is 17.5. The third-order valence-corrected chi connectivity index (χ3v) is 4.66. The SMILES string of the molecule is CCOC(=O)[C@@H]1CCCN([C@@H](C)C(=O)N[C@@H](C)c2ccccc2)C1. The minimum atomic E-state index is -0.256. The van der Waals surface area contributed by atoms with Crippen molar-refractivity contribution >= 4 is 11.9 Å². The summed E-state index contributed by atoms with van der Waals surface area (Å²) < 4.78 is 5.13. The van der Waals surface area contributed by atoms with E-state index >= 15 is 0 Å². The van der Waals surface area contributed by atoms with Crippen molar-refractivity contribution < 1.29 is 14.3 Å². The normalized spacial score (nSPS) is 20.9. The molecule has 0 aromatic heterocycles. The summed E-state index contributed by atoms with van der Waals surface area (Å²) in [5.41, 5.74) is 1.08. The van der Waals surface area contributed by atoms with Crippen molar-refractivity contribution in [3.63, 3.8) is 0 Å². The van der Waals surface area contributed by atoms with E-state index in [2.05, 4.69) is 10.2 Å². The van der Waals surface area contributed by atoms with Crippen molar-refractivity contribution in [2.75, 3.05) is 19.7 Å². The molecule has 1 amide bonds. The Morgan fingerprint density at radius 2 is 2.00 bits per heavy atom. The highest BCUT2D eigenvalue weighted by Gasteiger charge is 2.31. The maximum absolute atomic E-state index is 12.6. The lowest BCUT2D eigenvalue weighted by molar-refractivity contribution is -0.151. The van der Waals surface area contributed by atoms with Crippen LogP contribution in [0.15, 0.2) is 30.3 Å². The van der Waals surface area contributed by atoms with Crippen LogP contribution in [0.3, 0.4) is 0 Å². The van der Waals surface area contributed by atoms with E-state index in [4.69, 9.17) is 4.74 Å². The molecular weight excluding hydrogens is 304 g/mol. The van der Waals surface area contributed by atoms with Gasteiger partial charge < -0.3 is 10.1 Å². The molecule has 1 saturated heterocycles. The van der Waals surface area contributed by atoms with Crippen LogP contribution in [0, 0.1) is 5.92 Å². The van der Waals surface area contributed by atoms with Crippen LogP contribution in [0.25, 0.3) is 0 Å². The van der Waals surface area contributed by atoms with Gasteiger partial charge in [-0.25, -0.2) is 0 Å². The van der Waals surface area contributed by atoms with Crippen molar-refractivity contribution in [1.82, 2.24) is 10.2 Å². The molecule has 1 fully saturated rings. The van der Waals surface area contributed by atoms with E-state index in [1.54, 1.807) is 0 Å². The molecule has 1 aromatic carbocycles. The van der Waals surface area contributed by atoms with Gasteiger partial charge in [-0.2, -0.15) is 0 Å². The molecule has 1 heterocycles. The molecule has 0 unspecified atom stereocenters. The average molecular weight is 332 g/mol. The maximum Gasteiger partial charge on any atom is 0.310 e. The number of ether oxygens (including phenoxy) is 1. The fraction of sp³-hybridized carbons (Fsp3) is 0.579. The zero-order valence-electron chi connectivity index (χ0n) is 14.8. The molecule has 132 valence electrons. The number of nitrogens with one attached hydrogen (secondary N) is 1. The summed E-state index contributed by atoms with van der Waals surface area (Å²) in [5, 5.41) is 3.07. The molecule has 3 atom stereocenters. The van der Waals surface area contributed by atoms with Crippen LogP contribution in [0.2, 0.25) is 0 Å². The van der Waals surface area contributed by atoms with Gasteiger partial charge in [0.15, 0.2) is 0 Å². The summed E-state index contributed by atoms with van der Waals surface area (Å²) in [4.78, 5) is 26.6. The first-order valence-corrected chi connectivity index (χ1v) is 8.79. The lowest BCUT2D eigenvalue weighted by Gasteiger charge is -2.35. The number of likely N-dealkylation sites (tertiary alicyclic amines) is 1.